The quantitative estimate of drug-likeness (QED) is 0.554. The highest BCUT2D eigenvalue weighted by Gasteiger charge is 2.26. The molecule has 3 N–H and O–H groups in total. The van der Waals surface area contributed by atoms with E-state index in [-0.39, 0.29) is 36.3 Å². The van der Waals surface area contributed by atoms with Gasteiger partial charge in [0.2, 0.25) is 11.8 Å². The summed E-state index contributed by atoms with van der Waals surface area (Å²) in [5, 5.41) is 8.97. The molecule has 39 heavy (non-hydrogen) atoms. The highest BCUT2D eigenvalue weighted by atomic mass is 16.5. The first kappa shape index (κ1) is 28.4. The fourth-order valence-electron chi connectivity index (χ4n) is 5.22. The largest absolute Gasteiger partial charge is 0.494 e. The van der Waals surface area contributed by atoms with Gasteiger partial charge < -0.3 is 30.2 Å². The molecule has 4 amide bonds. The van der Waals surface area contributed by atoms with Crippen LogP contribution in [0.1, 0.15) is 58.8 Å². The average Bonchev–Trinajstić information content (AvgIpc) is 3.38. The van der Waals surface area contributed by atoms with Crippen LogP contribution in [0.5, 0.6) is 5.75 Å². The summed E-state index contributed by atoms with van der Waals surface area (Å²) in [7, 11) is 0. The van der Waals surface area contributed by atoms with Gasteiger partial charge in [0.15, 0.2) is 0 Å². The van der Waals surface area contributed by atoms with Crippen LogP contribution in [-0.2, 0) is 16.1 Å². The Balaban J connectivity index is 1.52. The van der Waals surface area contributed by atoms with Crippen molar-refractivity contribution in [1.82, 2.24) is 30.4 Å². The Kier molecular flexibility index (Phi) is 10.2. The number of hydrogen-bond acceptors (Lipinski definition) is 5. The lowest BCUT2D eigenvalue weighted by molar-refractivity contribution is -0.129. The van der Waals surface area contributed by atoms with Crippen LogP contribution < -0.4 is 20.7 Å². The maximum Gasteiger partial charge on any atom is 0.318 e. The number of amides is 4. The van der Waals surface area contributed by atoms with Gasteiger partial charge in [0.05, 0.1) is 6.61 Å². The van der Waals surface area contributed by atoms with Gasteiger partial charge in [-0.3, -0.25) is 9.59 Å². The molecule has 1 aliphatic heterocycles. The van der Waals surface area contributed by atoms with E-state index in [0.717, 1.165) is 37.1 Å². The minimum Gasteiger partial charge on any atom is -0.494 e. The van der Waals surface area contributed by atoms with Crippen LogP contribution in [0.25, 0.3) is 11.4 Å². The van der Waals surface area contributed by atoms with Gasteiger partial charge in [-0.1, -0.05) is 45.2 Å². The summed E-state index contributed by atoms with van der Waals surface area (Å²) < 4.78 is 8.00. The van der Waals surface area contributed by atoms with Crippen molar-refractivity contribution in [2.45, 2.75) is 77.4 Å². The molecule has 1 fully saturated rings. The molecule has 4 rings (SSSR count). The Labute approximate surface area is 230 Å². The van der Waals surface area contributed by atoms with Gasteiger partial charge in [-0.15, -0.1) is 0 Å². The standard InChI is InChI=1S/C29H42N6O4/c1-21(2)18-25-28(37)31-13-16-34-15-12-30-27(34)22-8-6-11-24(19-22)39-17-7-14-35(20-26(36)33-25)29(38)32-23-9-4-3-5-10-23/h6,8,11-12,15,19,21,23,25H,3-5,7,9-10,13-14,16-18,20H2,1-2H3,(H,31,37)(H,32,38)(H,33,36)/t25-/m1/s1. The van der Waals surface area contributed by atoms with E-state index in [9.17, 15) is 14.4 Å². The monoisotopic (exact) mass is 538 g/mol. The van der Waals surface area contributed by atoms with E-state index in [1.165, 1.54) is 11.3 Å². The van der Waals surface area contributed by atoms with E-state index in [0.29, 0.717) is 44.8 Å². The number of carbonyl (C=O) groups is 3. The van der Waals surface area contributed by atoms with Gasteiger partial charge in [0.25, 0.3) is 0 Å². The Morgan fingerprint density at radius 1 is 1.15 bits per heavy atom. The van der Waals surface area contributed by atoms with E-state index >= 15 is 0 Å². The van der Waals surface area contributed by atoms with Crippen molar-refractivity contribution in [3.05, 3.63) is 36.7 Å². The van der Waals surface area contributed by atoms with E-state index in [1.807, 2.05) is 48.9 Å². The number of imidazole rings is 1. The number of nitrogens with one attached hydrogen (secondary N) is 3. The molecule has 2 aliphatic rings. The zero-order valence-electron chi connectivity index (χ0n) is 23.2. The molecule has 1 aromatic heterocycles. The van der Waals surface area contributed by atoms with Crippen LogP contribution in [0.4, 0.5) is 4.79 Å². The lowest BCUT2D eigenvalue weighted by Crippen LogP contribution is -2.53. The van der Waals surface area contributed by atoms with Crippen molar-refractivity contribution < 1.29 is 19.1 Å². The number of carbonyl (C=O) groups excluding carboxylic acids is 3. The van der Waals surface area contributed by atoms with Crippen molar-refractivity contribution in [3.63, 3.8) is 0 Å². The summed E-state index contributed by atoms with van der Waals surface area (Å²) in [4.78, 5) is 45.5. The molecule has 10 nitrogen and oxygen atoms in total. The van der Waals surface area contributed by atoms with E-state index in [1.54, 1.807) is 6.20 Å². The second-order valence-corrected chi connectivity index (χ2v) is 10.9. The molecule has 1 atom stereocenters. The maximum atomic E-state index is 13.2. The van der Waals surface area contributed by atoms with Crippen molar-refractivity contribution in [1.29, 1.82) is 0 Å². The third-order valence-corrected chi connectivity index (χ3v) is 7.21. The molecule has 212 valence electrons. The predicted molar refractivity (Wildman–Crippen MR) is 149 cm³/mol. The zero-order valence-corrected chi connectivity index (χ0v) is 23.2. The third-order valence-electron chi connectivity index (χ3n) is 7.21. The first-order chi connectivity index (χ1) is 18.9. The molecule has 0 saturated heterocycles. The number of fused-ring (bicyclic) bond motifs is 4. The molecule has 10 heteroatoms. The molecule has 2 heterocycles. The Morgan fingerprint density at radius 2 is 1.97 bits per heavy atom. The molecule has 2 bridgehead atoms. The van der Waals surface area contributed by atoms with Crippen molar-refractivity contribution in [3.8, 4) is 17.1 Å². The van der Waals surface area contributed by atoms with Gasteiger partial charge in [0, 0.05) is 43.6 Å². The summed E-state index contributed by atoms with van der Waals surface area (Å²) in [5.74, 6) is 1.13. The third kappa shape index (κ3) is 8.46. The van der Waals surface area contributed by atoms with Gasteiger partial charge in [-0.25, -0.2) is 9.78 Å². The van der Waals surface area contributed by atoms with Gasteiger partial charge >= 0.3 is 6.03 Å². The fraction of sp³-hybridized carbons (Fsp3) is 0.586. The molecule has 1 aromatic carbocycles. The van der Waals surface area contributed by atoms with Crippen LogP contribution in [-0.4, -0.2) is 70.6 Å². The first-order valence-corrected chi connectivity index (χ1v) is 14.3. The van der Waals surface area contributed by atoms with Crippen LogP contribution in [0, 0.1) is 5.92 Å². The average molecular weight is 539 g/mol. The van der Waals surface area contributed by atoms with Gasteiger partial charge in [-0.05, 0) is 43.7 Å². The van der Waals surface area contributed by atoms with Crippen LogP contribution in [0.3, 0.4) is 0 Å². The molecule has 0 radical (unpaired) electrons. The Bertz CT molecular complexity index is 1110. The molecule has 2 aromatic rings. The topological polar surface area (TPSA) is 118 Å². The van der Waals surface area contributed by atoms with E-state index in [4.69, 9.17) is 4.74 Å². The van der Waals surface area contributed by atoms with Crippen molar-refractivity contribution >= 4 is 17.8 Å². The molecular weight excluding hydrogens is 496 g/mol. The molecule has 1 aliphatic carbocycles. The summed E-state index contributed by atoms with van der Waals surface area (Å²) in [5.41, 5.74) is 0.920. The summed E-state index contributed by atoms with van der Waals surface area (Å²) in [6, 6.07) is 6.95. The van der Waals surface area contributed by atoms with Gasteiger partial charge in [0.1, 0.15) is 24.2 Å². The second kappa shape index (κ2) is 14.0. The number of benzene rings is 1. The zero-order chi connectivity index (χ0) is 27.6. The van der Waals surface area contributed by atoms with Crippen LogP contribution in [0.15, 0.2) is 36.7 Å². The maximum absolute atomic E-state index is 13.2. The predicted octanol–water partition coefficient (Wildman–Crippen LogP) is 3.32. The molecular formula is C29H42N6O4. The number of rotatable bonds is 3. The lowest BCUT2D eigenvalue weighted by Gasteiger charge is -2.29. The number of hydrogen-bond donors (Lipinski definition) is 3. The summed E-state index contributed by atoms with van der Waals surface area (Å²) in [6.07, 6.45) is 9.99. The number of urea groups is 1. The smallest absolute Gasteiger partial charge is 0.318 e. The summed E-state index contributed by atoms with van der Waals surface area (Å²) >= 11 is 0. The highest BCUT2D eigenvalue weighted by Crippen LogP contribution is 2.23. The van der Waals surface area contributed by atoms with E-state index in [2.05, 4.69) is 20.9 Å². The normalized spacial score (nSPS) is 20.2. The van der Waals surface area contributed by atoms with Gasteiger partial charge in [-0.2, -0.15) is 0 Å². The Hall–Kier alpha value is -3.56. The minimum absolute atomic E-state index is 0.117. The fourth-order valence-corrected chi connectivity index (χ4v) is 5.22. The Morgan fingerprint density at radius 3 is 2.77 bits per heavy atom. The minimum atomic E-state index is -0.679. The molecule has 0 spiro atoms. The summed E-state index contributed by atoms with van der Waals surface area (Å²) in [6.45, 7) is 5.58. The molecule has 1 saturated carbocycles. The van der Waals surface area contributed by atoms with E-state index < -0.39 is 6.04 Å². The SMILES string of the molecule is CC(C)C[C@H]1NC(=O)CN(C(=O)NC2CCCCC2)CCCOc2cccc(c2)-c2nccn2CCNC1=O. The number of ether oxygens (including phenoxy) is 1. The van der Waals surface area contributed by atoms with Crippen LogP contribution >= 0.6 is 0 Å². The van der Waals surface area contributed by atoms with Crippen molar-refractivity contribution in [2.24, 2.45) is 5.92 Å². The molecule has 0 unspecified atom stereocenters. The van der Waals surface area contributed by atoms with Crippen molar-refractivity contribution in [2.75, 3.05) is 26.2 Å². The second-order valence-electron chi connectivity index (χ2n) is 10.9. The first-order valence-electron chi connectivity index (χ1n) is 14.3. The number of nitrogens with zero attached hydrogens (tertiary/aromatic N) is 3. The highest BCUT2D eigenvalue weighted by molar-refractivity contribution is 5.90. The number of aromatic nitrogens is 2. The lowest BCUT2D eigenvalue weighted by atomic mass is 9.96. The van der Waals surface area contributed by atoms with Crippen LogP contribution in [0.2, 0.25) is 0 Å².